The molecule has 0 bridgehead atoms. The molecule has 0 aliphatic rings. The van der Waals surface area contributed by atoms with Gasteiger partial charge in [-0.3, -0.25) is 0 Å². The fraction of sp³-hybridized carbons (Fsp3) is 0.0816. The lowest BCUT2D eigenvalue weighted by molar-refractivity contribution is 0.407. The Morgan fingerprint density at radius 1 is 0.268 bits per heavy atom. The standard InChI is InChI=1S/C19H16O3.C17H14O2S.2C16H16O2.C15H14O2.C15H12O2/c1-21-17-12-14(11-16(20)13-17)9-10-22-19-8-4-6-15-5-2-3-7-18(15)19;1-19-15-9-12(8-14(18)11-15)6-7-16-10-13-4-2-3-5-17(13)20-16;1-12-3-5-13(6-4-12)7-8-14-9-15(17)11-16(10-14)18-2;1-12-4-3-5-13(8-12)6-7-14-9-15(17)11-16(10-14)18-2;2*1-17-15-10-13(9-14(16)11-15)8-7-12-5-3-2-4-6-12/h2-13,20H,1H3;2-11,18H,1H3;2*3-11,17H,1-2H3;2-11,16H,1H3;2-6,9-11,16H,1H3/b10-9+;7-6+;8-7+;7-6+;8-7+;. The van der Waals surface area contributed by atoms with Gasteiger partial charge in [0.2, 0.25) is 0 Å². The summed E-state index contributed by atoms with van der Waals surface area (Å²) >= 11 is 1.75. The highest BCUT2D eigenvalue weighted by molar-refractivity contribution is 7.19. The number of rotatable bonds is 17. The minimum atomic E-state index is 0.154. The second-order valence-corrected chi connectivity index (χ2v) is 26.1. The van der Waals surface area contributed by atoms with Crippen LogP contribution in [0.2, 0.25) is 0 Å². The average molecular weight is 1510 g/mol. The lowest BCUT2D eigenvalue weighted by atomic mass is 10.1. The summed E-state index contributed by atoms with van der Waals surface area (Å²) in [5.41, 5.74) is 12.0. The van der Waals surface area contributed by atoms with Gasteiger partial charge in [0.05, 0.1) is 48.9 Å². The van der Waals surface area contributed by atoms with Crippen LogP contribution in [-0.2, 0) is 0 Å². The highest BCUT2D eigenvalue weighted by atomic mass is 32.1. The summed E-state index contributed by atoms with van der Waals surface area (Å²) in [6.45, 7) is 4.13. The minimum absolute atomic E-state index is 0.154. The van der Waals surface area contributed by atoms with Gasteiger partial charge in [0.15, 0.2) is 0 Å². The third-order valence-electron chi connectivity index (χ3n) is 16.4. The highest BCUT2D eigenvalue weighted by Gasteiger charge is 2.06. The molecular weight excluding hydrogens is 1420 g/mol. The van der Waals surface area contributed by atoms with Crippen LogP contribution in [0.3, 0.4) is 0 Å². The van der Waals surface area contributed by atoms with E-state index < -0.39 is 0 Å². The summed E-state index contributed by atoms with van der Waals surface area (Å²) in [4.78, 5) is 1.19. The number of aryl methyl sites for hydroxylation is 2. The molecule has 112 heavy (non-hydrogen) atoms. The maximum Gasteiger partial charge on any atom is 0.134 e. The van der Waals surface area contributed by atoms with Crippen molar-refractivity contribution in [3.05, 3.63) is 369 Å². The van der Waals surface area contributed by atoms with Gasteiger partial charge in [-0.25, -0.2) is 0 Å². The predicted molar refractivity (Wildman–Crippen MR) is 460 cm³/mol. The van der Waals surface area contributed by atoms with E-state index in [2.05, 4.69) is 86.4 Å². The molecule has 0 aliphatic heterocycles. The van der Waals surface area contributed by atoms with Crippen LogP contribution in [-0.4, -0.2) is 73.3 Å². The van der Waals surface area contributed by atoms with Crippen LogP contribution in [0, 0.1) is 25.7 Å². The van der Waals surface area contributed by atoms with Gasteiger partial charge < -0.3 is 63.8 Å². The molecule has 1 aromatic heterocycles. The Labute approximate surface area is 659 Å². The molecule has 14 heteroatoms. The number of ether oxygens (including phenoxy) is 7. The molecule has 0 spiro atoms. The number of methoxy groups -OCH3 is 6. The highest BCUT2D eigenvalue weighted by Crippen LogP contribution is 2.32. The number of phenols is 6. The van der Waals surface area contributed by atoms with Crippen molar-refractivity contribution in [3.8, 4) is 86.6 Å². The predicted octanol–water partition coefficient (Wildman–Crippen LogP) is 23.5. The zero-order valence-electron chi connectivity index (χ0n) is 63.4. The van der Waals surface area contributed by atoms with E-state index in [1.165, 1.54) is 26.1 Å². The Morgan fingerprint density at radius 2 is 0.643 bits per heavy atom. The molecule has 0 unspecified atom stereocenters. The Bertz CT molecular complexity index is 5540. The van der Waals surface area contributed by atoms with Crippen molar-refractivity contribution in [3.63, 3.8) is 0 Å². The van der Waals surface area contributed by atoms with E-state index in [9.17, 15) is 30.6 Å². The topological polar surface area (TPSA) is 186 Å². The van der Waals surface area contributed by atoms with Crippen molar-refractivity contribution >= 4 is 86.9 Å². The molecule has 1 heterocycles. The molecule has 13 aromatic carbocycles. The van der Waals surface area contributed by atoms with Crippen LogP contribution in [0.25, 0.3) is 75.5 Å². The Balaban J connectivity index is 0.000000155. The maximum absolute atomic E-state index is 9.63. The lowest BCUT2D eigenvalue weighted by Crippen LogP contribution is -1.86. The quantitative estimate of drug-likeness (QED) is 0.0288. The number of phenolic OH excluding ortho intramolecular Hbond substituents is 6. The van der Waals surface area contributed by atoms with Gasteiger partial charge in [-0.05, 0) is 184 Å². The molecule has 564 valence electrons. The van der Waals surface area contributed by atoms with Gasteiger partial charge in [0.1, 0.15) is 74.7 Å². The monoisotopic (exact) mass is 1500 g/mol. The van der Waals surface area contributed by atoms with Crippen LogP contribution in [0.1, 0.15) is 71.6 Å². The van der Waals surface area contributed by atoms with E-state index in [4.69, 9.17) is 33.2 Å². The summed E-state index contributed by atoms with van der Waals surface area (Å²) in [5, 5.41) is 60.8. The molecule has 14 rings (SSSR count). The second-order valence-electron chi connectivity index (χ2n) is 25.0. The summed E-state index contributed by atoms with van der Waals surface area (Å²) in [6, 6.07) is 91.4. The SMILES string of the molecule is COc1cc(O)cc(/C=C/Oc2cccc3ccccc23)c1.COc1cc(O)cc(/C=C/c2cc3ccccc3s2)c1.COc1cc(O)cc(/C=C/c2ccc(C)cc2)c1.COc1cc(O)cc(/C=C/c2cccc(C)c2)c1.COc1cc(O)cc(/C=C/c2ccccc2)c1.COc1cc(O)cc(C#Cc2ccccc2)c1. The number of aromatic hydroxyl groups is 6. The van der Waals surface area contributed by atoms with Crippen LogP contribution in [0.15, 0.2) is 297 Å². The summed E-state index contributed by atoms with van der Waals surface area (Å²) < 4.78 is 37.7. The number of hydrogen-bond donors (Lipinski definition) is 6. The maximum atomic E-state index is 9.63. The lowest BCUT2D eigenvalue weighted by Gasteiger charge is -2.05. The Morgan fingerprint density at radius 3 is 1.13 bits per heavy atom. The molecule has 6 N–H and O–H groups in total. The van der Waals surface area contributed by atoms with Crippen LogP contribution >= 0.6 is 11.3 Å². The first-order valence-electron chi connectivity index (χ1n) is 35.5. The van der Waals surface area contributed by atoms with Crippen molar-refractivity contribution in [2.45, 2.75) is 13.8 Å². The fourth-order valence-electron chi connectivity index (χ4n) is 10.9. The third kappa shape index (κ3) is 27.5. The Hall–Kier alpha value is -14.3. The second kappa shape index (κ2) is 42.9. The molecule has 0 aliphatic carbocycles. The molecular formula is C98H88O13S. The summed E-state index contributed by atoms with van der Waals surface area (Å²) in [7, 11) is 9.47. The van der Waals surface area contributed by atoms with Gasteiger partial charge in [-0.15, -0.1) is 11.3 Å². The first-order valence-corrected chi connectivity index (χ1v) is 36.3. The minimum Gasteiger partial charge on any atom is -0.508 e. The van der Waals surface area contributed by atoms with Crippen LogP contribution < -0.4 is 33.2 Å². The van der Waals surface area contributed by atoms with Crippen molar-refractivity contribution in [1.82, 2.24) is 0 Å². The fourth-order valence-corrected chi connectivity index (χ4v) is 11.8. The van der Waals surface area contributed by atoms with E-state index in [-0.39, 0.29) is 34.5 Å². The molecule has 14 aromatic rings. The number of hydrogen-bond acceptors (Lipinski definition) is 14. The zero-order chi connectivity index (χ0) is 79.4. The molecule has 0 radical (unpaired) electrons. The van der Waals surface area contributed by atoms with E-state index in [0.717, 1.165) is 72.2 Å². The first-order chi connectivity index (χ1) is 54.4. The summed E-state index contributed by atoms with van der Waals surface area (Å²) in [5.74, 6) is 11.7. The van der Waals surface area contributed by atoms with Crippen molar-refractivity contribution in [2.75, 3.05) is 42.7 Å². The van der Waals surface area contributed by atoms with Gasteiger partial charge in [0.25, 0.3) is 0 Å². The van der Waals surface area contributed by atoms with E-state index in [1.807, 2.05) is 200 Å². The molecule has 0 atom stereocenters. The number of fused-ring (bicyclic) bond motifs is 2. The van der Waals surface area contributed by atoms with Gasteiger partial charge in [-0.1, -0.05) is 217 Å². The molecule has 0 saturated heterocycles. The third-order valence-corrected chi connectivity index (χ3v) is 17.5. The van der Waals surface area contributed by atoms with Gasteiger partial charge in [0, 0.05) is 62.5 Å². The largest absolute Gasteiger partial charge is 0.508 e. The van der Waals surface area contributed by atoms with E-state index >= 15 is 0 Å². The average Bonchev–Trinajstić information content (AvgIpc) is 1.58. The smallest absolute Gasteiger partial charge is 0.134 e. The molecule has 13 nitrogen and oxygen atoms in total. The van der Waals surface area contributed by atoms with Gasteiger partial charge in [-0.2, -0.15) is 0 Å². The van der Waals surface area contributed by atoms with Crippen LogP contribution in [0.4, 0.5) is 0 Å². The van der Waals surface area contributed by atoms with Crippen molar-refractivity contribution < 1.29 is 63.8 Å². The number of benzene rings is 13. The van der Waals surface area contributed by atoms with E-state index in [1.54, 1.807) is 145 Å². The zero-order valence-corrected chi connectivity index (χ0v) is 64.3. The normalized spacial score (nSPS) is 10.6. The number of thiophene rings is 1. The van der Waals surface area contributed by atoms with Gasteiger partial charge >= 0.3 is 0 Å². The van der Waals surface area contributed by atoms with Crippen molar-refractivity contribution in [2.24, 2.45) is 0 Å². The van der Waals surface area contributed by atoms with Crippen molar-refractivity contribution in [1.29, 1.82) is 0 Å². The summed E-state index contributed by atoms with van der Waals surface area (Å²) in [6.07, 6.45) is 19.3. The first kappa shape index (κ1) is 81.8. The van der Waals surface area contributed by atoms with E-state index in [0.29, 0.717) is 34.5 Å². The van der Waals surface area contributed by atoms with Crippen LogP contribution in [0.5, 0.6) is 74.7 Å². The molecule has 0 saturated carbocycles. The Kier molecular flexibility index (Phi) is 31.3. The molecule has 0 amide bonds. The molecule has 0 fully saturated rings.